The molecule has 1 heterocycles. The molecule has 11 heavy (non-hydrogen) atoms. The average molecular weight is 146 g/mol. The molecule has 1 rings (SSSR count). The van der Waals surface area contributed by atoms with Crippen molar-refractivity contribution in [2.24, 2.45) is 7.05 Å². The van der Waals surface area contributed by atoms with Gasteiger partial charge in [0.25, 0.3) is 0 Å². The van der Waals surface area contributed by atoms with Gasteiger partial charge in [-0.1, -0.05) is 0 Å². The molecule has 0 bridgehead atoms. The lowest BCUT2D eigenvalue weighted by Gasteiger charge is -1.90. The Morgan fingerprint density at radius 1 is 1.73 bits per heavy atom. The topological polar surface area (TPSA) is 67.6 Å². The van der Waals surface area contributed by atoms with Crippen LogP contribution < -0.4 is 5.73 Å². The molecular weight excluding hydrogens is 140 g/mol. The minimum absolute atomic E-state index is 0.479. The third kappa shape index (κ3) is 1.31. The lowest BCUT2D eigenvalue weighted by molar-refractivity contribution is 0.779. The van der Waals surface area contributed by atoms with E-state index in [0.717, 1.165) is 0 Å². The van der Waals surface area contributed by atoms with E-state index in [0.29, 0.717) is 11.4 Å². The largest absolute Gasteiger partial charge is 0.383 e. The van der Waals surface area contributed by atoms with E-state index in [1.807, 2.05) is 0 Å². The highest BCUT2D eigenvalue weighted by atomic mass is 15.3. The van der Waals surface area contributed by atoms with Crippen molar-refractivity contribution in [2.45, 2.75) is 0 Å². The summed E-state index contributed by atoms with van der Waals surface area (Å²) < 4.78 is 1.50. The summed E-state index contributed by atoms with van der Waals surface area (Å²) in [6.07, 6.45) is 1.53. The molecule has 1 aromatic rings. The normalized spacial score (nSPS) is 8.00. The molecule has 54 valence electrons. The average Bonchev–Trinajstić information content (AvgIpc) is 2.31. The standard InChI is InChI=1S/C7H6N4/c1-11-7(9)6(5-10-11)3-2-4-8/h5H,9H2,1H3. The summed E-state index contributed by atoms with van der Waals surface area (Å²) in [6.45, 7) is 0. The van der Waals surface area contributed by atoms with E-state index in [9.17, 15) is 0 Å². The number of hydrogen-bond acceptors (Lipinski definition) is 3. The molecule has 0 spiro atoms. The van der Waals surface area contributed by atoms with Crippen LogP contribution in [0.15, 0.2) is 6.20 Å². The SMILES string of the molecule is Cn1ncc(C#CC#N)c1N. The van der Waals surface area contributed by atoms with Crippen molar-refractivity contribution in [3.63, 3.8) is 0 Å². The second kappa shape index (κ2) is 2.76. The molecule has 0 atom stereocenters. The summed E-state index contributed by atoms with van der Waals surface area (Å²) >= 11 is 0. The van der Waals surface area contributed by atoms with Crippen LogP contribution in [0.1, 0.15) is 5.56 Å². The van der Waals surface area contributed by atoms with Crippen LogP contribution in [-0.4, -0.2) is 9.78 Å². The zero-order valence-corrected chi connectivity index (χ0v) is 6.00. The van der Waals surface area contributed by atoms with Gasteiger partial charge >= 0.3 is 0 Å². The third-order valence-electron chi connectivity index (χ3n) is 1.24. The van der Waals surface area contributed by atoms with Crippen LogP contribution in [0.25, 0.3) is 0 Å². The summed E-state index contributed by atoms with van der Waals surface area (Å²) in [6, 6.07) is 1.70. The molecule has 0 amide bonds. The summed E-state index contributed by atoms with van der Waals surface area (Å²) in [7, 11) is 1.72. The van der Waals surface area contributed by atoms with E-state index in [-0.39, 0.29) is 0 Å². The lowest BCUT2D eigenvalue weighted by Crippen LogP contribution is -1.97. The maximum absolute atomic E-state index is 8.13. The Labute approximate surface area is 64.2 Å². The maximum Gasteiger partial charge on any atom is 0.152 e. The summed E-state index contributed by atoms with van der Waals surface area (Å²) in [4.78, 5) is 0. The number of nitrogens with two attached hydrogens (primary N) is 1. The summed E-state index contributed by atoms with van der Waals surface area (Å²) in [5.74, 6) is 5.28. The van der Waals surface area contributed by atoms with Gasteiger partial charge in [0.1, 0.15) is 5.82 Å². The molecule has 4 nitrogen and oxygen atoms in total. The Kier molecular flexibility index (Phi) is 1.80. The van der Waals surface area contributed by atoms with Crippen molar-refractivity contribution in [1.29, 1.82) is 5.26 Å². The van der Waals surface area contributed by atoms with Gasteiger partial charge in [0.2, 0.25) is 0 Å². The van der Waals surface area contributed by atoms with Crippen LogP contribution in [0.4, 0.5) is 5.82 Å². The third-order valence-corrected chi connectivity index (χ3v) is 1.24. The van der Waals surface area contributed by atoms with Crippen LogP contribution in [0.5, 0.6) is 0 Å². The highest BCUT2D eigenvalue weighted by molar-refractivity contribution is 5.51. The molecule has 4 heteroatoms. The van der Waals surface area contributed by atoms with Gasteiger partial charge < -0.3 is 5.73 Å². The summed E-state index contributed by atoms with van der Waals surface area (Å²) in [5.41, 5.74) is 6.12. The van der Waals surface area contributed by atoms with Gasteiger partial charge in [-0.2, -0.15) is 10.4 Å². The second-order valence-corrected chi connectivity index (χ2v) is 1.93. The van der Waals surface area contributed by atoms with Crippen molar-refractivity contribution in [3.05, 3.63) is 11.8 Å². The number of hydrogen-bond donors (Lipinski definition) is 1. The van der Waals surface area contributed by atoms with E-state index in [1.54, 1.807) is 13.1 Å². The highest BCUT2D eigenvalue weighted by Gasteiger charge is 1.98. The monoisotopic (exact) mass is 146 g/mol. The Morgan fingerprint density at radius 3 is 2.91 bits per heavy atom. The van der Waals surface area contributed by atoms with Gasteiger partial charge in [-0.05, 0) is 5.92 Å². The first-order chi connectivity index (χ1) is 5.25. The smallest absolute Gasteiger partial charge is 0.152 e. The fraction of sp³-hybridized carbons (Fsp3) is 0.143. The van der Waals surface area contributed by atoms with E-state index in [1.165, 1.54) is 10.9 Å². The minimum atomic E-state index is 0.479. The molecule has 0 saturated heterocycles. The van der Waals surface area contributed by atoms with Gasteiger partial charge in [-0.3, -0.25) is 4.68 Å². The van der Waals surface area contributed by atoms with Crippen molar-refractivity contribution >= 4 is 5.82 Å². The van der Waals surface area contributed by atoms with Crippen LogP contribution >= 0.6 is 0 Å². The molecule has 0 saturated carbocycles. The number of nitrogens with zero attached hydrogens (tertiary/aromatic N) is 3. The van der Waals surface area contributed by atoms with Gasteiger partial charge in [0.05, 0.1) is 11.8 Å². The maximum atomic E-state index is 8.13. The first-order valence-corrected chi connectivity index (χ1v) is 2.93. The van der Waals surface area contributed by atoms with Crippen molar-refractivity contribution in [3.8, 4) is 17.9 Å². The molecule has 0 aliphatic carbocycles. The Balaban J connectivity index is 3.08. The van der Waals surface area contributed by atoms with Crippen LogP contribution in [0.2, 0.25) is 0 Å². The zero-order valence-electron chi connectivity index (χ0n) is 6.00. The first kappa shape index (κ1) is 7.17. The first-order valence-electron chi connectivity index (χ1n) is 2.93. The number of aromatic nitrogens is 2. The highest BCUT2D eigenvalue weighted by Crippen LogP contribution is 2.05. The Bertz CT molecular complexity index is 358. The molecular formula is C7H6N4. The van der Waals surface area contributed by atoms with E-state index in [2.05, 4.69) is 16.9 Å². The van der Waals surface area contributed by atoms with Crippen LogP contribution in [0.3, 0.4) is 0 Å². The van der Waals surface area contributed by atoms with Crippen LogP contribution in [-0.2, 0) is 7.05 Å². The number of nitriles is 1. The summed E-state index contributed by atoms with van der Waals surface area (Å²) in [5, 5.41) is 12.0. The molecule has 0 radical (unpaired) electrons. The molecule has 0 fully saturated rings. The molecule has 0 unspecified atom stereocenters. The van der Waals surface area contributed by atoms with Crippen molar-refractivity contribution < 1.29 is 0 Å². The lowest BCUT2D eigenvalue weighted by atomic mass is 10.3. The fourth-order valence-corrected chi connectivity index (χ4v) is 0.639. The van der Waals surface area contributed by atoms with Crippen molar-refractivity contribution in [2.75, 3.05) is 5.73 Å². The van der Waals surface area contributed by atoms with Gasteiger partial charge in [0, 0.05) is 13.0 Å². The second-order valence-electron chi connectivity index (χ2n) is 1.93. The van der Waals surface area contributed by atoms with E-state index in [4.69, 9.17) is 11.0 Å². The Morgan fingerprint density at radius 2 is 2.45 bits per heavy atom. The molecule has 0 aliphatic rings. The minimum Gasteiger partial charge on any atom is -0.383 e. The molecule has 0 aliphatic heterocycles. The molecule has 2 N–H and O–H groups in total. The van der Waals surface area contributed by atoms with E-state index >= 15 is 0 Å². The van der Waals surface area contributed by atoms with E-state index < -0.39 is 0 Å². The van der Waals surface area contributed by atoms with Gasteiger partial charge in [-0.25, -0.2) is 0 Å². The predicted octanol–water partition coefficient (Wildman–Crippen LogP) is -0.123. The number of rotatable bonds is 0. The molecule has 0 aromatic carbocycles. The predicted molar refractivity (Wildman–Crippen MR) is 40.1 cm³/mol. The van der Waals surface area contributed by atoms with Gasteiger partial charge in [-0.15, -0.1) is 0 Å². The quantitative estimate of drug-likeness (QED) is 0.519. The van der Waals surface area contributed by atoms with Gasteiger partial charge in [0.15, 0.2) is 6.07 Å². The molecule has 1 aromatic heterocycles. The number of aryl methyl sites for hydroxylation is 1. The Hall–Kier alpha value is -1.94. The van der Waals surface area contributed by atoms with Crippen molar-refractivity contribution in [1.82, 2.24) is 9.78 Å². The van der Waals surface area contributed by atoms with Crippen LogP contribution in [0, 0.1) is 23.2 Å². The number of anilines is 1. The number of nitrogen functional groups attached to an aromatic ring is 1. The fourth-order valence-electron chi connectivity index (χ4n) is 0.639. The zero-order chi connectivity index (χ0) is 8.27.